The molecule has 12 heavy (non-hydrogen) atoms. The molecule has 0 aromatic rings. The van der Waals surface area contributed by atoms with Gasteiger partial charge >= 0.3 is 0 Å². The molecule has 1 rings (SSSR count). The van der Waals surface area contributed by atoms with E-state index in [1.54, 1.807) is 0 Å². The fourth-order valence-corrected chi connectivity index (χ4v) is 1.99. The van der Waals surface area contributed by atoms with E-state index in [1.807, 2.05) is 0 Å². The Morgan fingerprint density at radius 2 is 1.75 bits per heavy atom. The largest absolute Gasteiger partial charge is 0.376 e. The van der Waals surface area contributed by atoms with Gasteiger partial charge in [0, 0.05) is 0 Å². The molecule has 1 aliphatic rings. The third-order valence-electron chi connectivity index (χ3n) is 2.43. The van der Waals surface area contributed by atoms with Crippen molar-refractivity contribution in [2.75, 3.05) is 6.61 Å². The van der Waals surface area contributed by atoms with Crippen LogP contribution in [0.1, 0.15) is 47.5 Å². The van der Waals surface area contributed by atoms with E-state index in [9.17, 15) is 0 Å². The number of hydrogen-bond acceptors (Lipinski definition) is 1. The quantitative estimate of drug-likeness (QED) is 0.618. The monoisotopic (exact) mass is 170 g/mol. The van der Waals surface area contributed by atoms with Crippen LogP contribution in [0.2, 0.25) is 0 Å². The highest BCUT2D eigenvalue weighted by Gasteiger charge is 2.36. The molecule has 1 heteroatoms. The molecular formula is C11H22O. The molecule has 0 radical (unpaired) electrons. The lowest BCUT2D eigenvalue weighted by Gasteiger charge is -2.43. The maximum atomic E-state index is 5.73. The molecule has 1 aliphatic carbocycles. The second kappa shape index (κ2) is 3.02. The standard InChI is InChI=1S/C11H22O/c1-10(2,3)12-8-9-6-11(4,5)7-9/h9H,6-8H2,1-5H3. The smallest absolute Gasteiger partial charge is 0.0598 e. The van der Waals surface area contributed by atoms with Gasteiger partial charge in [0.2, 0.25) is 0 Å². The molecule has 0 atom stereocenters. The number of ether oxygens (including phenoxy) is 1. The second-order valence-corrected chi connectivity index (χ2v) is 5.86. The highest BCUT2D eigenvalue weighted by atomic mass is 16.5. The van der Waals surface area contributed by atoms with Gasteiger partial charge < -0.3 is 4.74 Å². The maximum Gasteiger partial charge on any atom is 0.0598 e. The lowest BCUT2D eigenvalue weighted by Crippen LogP contribution is -2.36. The molecule has 0 saturated heterocycles. The van der Waals surface area contributed by atoms with Gasteiger partial charge in [0.05, 0.1) is 12.2 Å². The summed E-state index contributed by atoms with van der Waals surface area (Å²) in [5, 5.41) is 0. The molecule has 0 amide bonds. The molecule has 0 aromatic heterocycles. The predicted molar refractivity (Wildman–Crippen MR) is 52.2 cm³/mol. The Hall–Kier alpha value is -0.0400. The molecule has 0 aliphatic heterocycles. The lowest BCUT2D eigenvalue weighted by molar-refractivity contribution is -0.0616. The summed E-state index contributed by atoms with van der Waals surface area (Å²) in [6, 6.07) is 0. The summed E-state index contributed by atoms with van der Waals surface area (Å²) in [6.07, 6.45) is 2.67. The van der Waals surface area contributed by atoms with E-state index >= 15 is 0 Å². The average Bonchev–Trinajstić information content (AvgIpc) is 1.76. The van der Waals surface area contributed by atoms with Gasteiger partial charge in [-0.2, -0.15) is 0 Å². The van der Waals surface area contributed by atoms with Crippen molar-refractivity contribution in [3.05, 3.63) is 0 Å². The van der Waals surface area contributed by atoms with Gasteiger partial charge in [-0.05, 0) is 44.9 Å². The minimum absolute atomic E-state index is 0.0414. The van der Waals surface area contributed by atoms with E-state index in [0.29, 0.717) is 5.41 Å². The van der Waals surface area contributed by atoms with Crippen molar-refractivity contribution in [2.24, 2.45) is 11.3 Å². The summed E-state index contributed by atoms with van der Waals surface area (Å²) in [6.45, 7) is 12.0. The fourth-order valence-electron chi connectivity index (χ4n) is 1.99. The van der Waals surface area contributed by atoms with Crippen molar-refractivity contribution in [2.45, 2.75) is 53.1 Å². The third-order valence-corrected chi connectivity index (χ3v) is 2.43. The van der Waals surface area contributed by atoms with Gasteiger partial charge in [-0.3, -0.25) is 0 Å². The second-order valence-electron chi connectivity index (χ2n) is 5.86. The van der Waals surface area contributed by atoms with Crippen LogP contribution in [-0.4, -0.2) is 12.2 Å². The average molecular weight is 170 g/mol. The van der Waals surface area contributed by atoms with Gasteiger partial charge in [-0.15, -0.1) is 0 Å². The number of rotatable bonds is 2. The summed E-state index contributed by atoms with van der Waals surface area (Å²) < 4.78 is 5.73. The van der Waals surface area contributed by atoms with Crippen LogP contribution in [0.25, 0.3) is 0 Å². The zero-order valence-corrected chi connectivity index (χ0v) is 9.11. The van der Waals surface area contributed by atoms with Gasteiger partial charge in [-0.1, -0.05) is 13.8 Å². The van der Waals surface area contributed by atoms with E-state index < -0.39 is 0 Å². The van der Waals surface area contributed by atoms with E-state index in [0.717, 1.165) is 12.5 Å². The Balaban J connectivity index is 2.12. The normalized spacial score (nSPS) is 23.8. The summed E-state index contributed by atoms with van der Waals surface area (Å²) >= 11 is 0. The van der Waals surface area contributed by atoms with Crippen LogP contribution in [0.3, 0.4) is 0 Å². The van der Waals surface area contributed by atoms with Crippen LogP contribution in [0.4, 0.5) is 0 Å². The topological polar surface area (TPSA) is 9.23 Å². The highest BCUT2D eigenvalue weighted by Crippen LogP contribution is 2.44. The maximum absolute atomic E-state index is 5.73. The summed E-state index contributed by atoms with van der Waals surface area (Å²) in [5.41, 5.74) is 0.631. The van der Waals surface area contributed by atoms with Crippen molar-refractivity contribution in [1.82, 2.24) is 0 Å². The van der Waals surface area contributed by atoms with Crippen molar-refractivity contribution >= 4 is 0 Å². The Morgan fingerprint density at radius 3 is 2.08 bits per heavy atom. The van der Waals surface area contributed by atoms with E-state index in [1.165, 1.54) is 12.8 Å². The van der Waals surface area contributed by atoms with Gasteiger partial charge in [0.25, 0.3) is 0 Å². The minimum Gasteiger partial charge on any atom is -0.376 e. The Bertz CT molecular complexity index is 145. The summed E-state index contributed by atoms with van der Waals surface area (Å²) in [7, 11) is 0. The van der Waals surface area contributed by atoms with E-state index in [-0.39, 0.29) is 5.60 Å². The number of hydrogen-bond donors (Lipinski definition) is 0. The fraction of sp³-hybridized carbons (Fsp3) is 1.00. The van der Waals surface area contributed by atoms with Gasteiger partial charge in [0.1, 0.15) is 0 Å². The highest BCUT2D eigenvalue weighted by molar-refractivity contribution is 4.86. The zero-order valence-electron chi connectivity index (χ0n) is 9.11. The first kappa shape index (κ1) is 10.0. The molecule has 1 saturated carbocycles. The SMILES string of the molecule is CC1(C)CC(COC(C)(C)C)C1. The van der Waals surface area contributed by atoms with Crippen LogP contribution in [0.5, 0.6) is 0 Å². The predicted octanol–water partition coefficient (Wildman–Crippen LogP) is 3.24. The Labute approximate surface area is 76.5 Å². The van der Waals surface area contributed by atoms with Crippen molar-refractivity contribution in [3.8, 4) is 0 Å². The van der Waals surface area contributed by atoms with Crippen molar-refractivity contribution < 1.29 is 4.74 Å². The first-order valence-corrected chi connectivity index (χ1v) is 4.92. The summed E-state index contributed by atoms with van der Waals surface area (Å²) in [4.78, 5) is 0. The first-order valence-electron chi connectivity index (χ1n) is 4.92. The van der Waals surface area contributed by atoms with Crippen LogP contribution in [0, 0.1) is 11.3 Å². The van der Waals surface area contributed by atoms with Crippen molar-refractivity contribution in [1.29, 1.82) is 0 Å². The van der Waals surface area contributed by atoms with Crippen molar-refractivity contribution in [3.63, 3.8) is 0 Å². The Kier molecular flexibility index (Phi) is 2.53. The van der Waals surface area contributed by atoms with E-state index in [4.69, 9.17) is 4.74 Å². The molecule has 0 N–H and O–H groups in total. The third kappa shape index (κ3) is 3.14. The van der Waals surface area contributed by atoms with Crippen LogP contribution in [0.15, 0.2) is 0 Å². The molecule has 1 fully saturated rings. The minimum atomic E-state index is 0.0414. The summed E-state index contributed by atoms with van der Waals surface area (Å²) in [5.74, 6) is 0.819. The molecule has 0 heterocycles. The van der Waals surface area contributed by atoms with Crippen LogP contribution >= 0.6 is 0 Å². The lowest BCUT2D eigenvalue weighted by atomic mass is 9.65. The molecule has 0 spiro atoms. The molecule has 0 unspecified atom stereocenters. The Morgan fingerprint density at radius 1 is 1.25 bits per heavy atom. The molecule has 1 nitrogen and oxygen atoms in total. The van der Waals surface area contributed by atoms with E-state index in [2.05, 4.69) is 34.6 Å². The molecule has 0 bridgehead atoms. The molecule has 72 valence electrons. The van der Waals surface area contributed by atoms with Gasteiger partial charge in [-0.25, -0.2) is 0 Å². The van der Waals surface area contributed by atoms with Crippen LogP contribution < -0.4 is 0 Å². The molecule has 0 aromatic carbocycles. The van der Waals surface area contributed by atoms with Crippen LogP contribution in [-0.2, 0) is 4.74 Å². The van der Waals surface area contributed by atoms with Gasteiger partial charge in [0.15, 0.2) is 0 Å². The first-order chi connectivity index (χ1) is 5.29. The zero-order chi connectivity index (χ0) is 9.41. The molecular weight excluding hydrogens is 148 g/mol.